The molecule has 9 nitrogen and oxygen atoms in total. The molecule has 0 saturated carbocycles. The zero-order valence-electron chi connectivity index (χ0n) is 44.4. The third-order valence-electron chi connectivity index (χ3n) is 13.9. The zero-order valence-corrected chi connectivity index (χ0v) is 44.4. The number of unbranched alkanes of at least 4 members (excludes halogenated alkanes) is 36. The van der Waals surface area contributed by atoms with E-state index in [1.807, 2.05) is 6.08 Å². The van der Waals surface area contributed by atoms with Crippen LogP contribution in [0, 0.1) is 0 Å². The number of nitrogens with one attached hydrogen (secondary N) is 1. The molecule has 0 spiro atoms. The number of carbonyl (C=O) groups is 1. The maximum Gasteiger partial charge on any atom is 0.220 e. The number of ether oxygens (including phenoxy) is 2. The number of carbonyl (C=O) groups excluding carboxylic acids is 1. The van der Waals surface area contributed by atoms with E-state index < -0.39 is 49.5 Å². The van der Waals surface area contributed by atoms with Crippen LogP contribution in [0.1, 0.15) is 277 Å². The summed E-state index contributed by atoms with van der Waals surface area (Å²) in [4.78, 5) is 13.0. The highest BCUT2D eigenvalue weighted by Crippen LogP contribution is 2.23. The second-order valence-corrected chi connectivity index (χ2v) is 20.4. The Morgan fingerprint density at radius 2 is 0.838 bits per heavy atom. The fourth-order valence-electron chi connectivity index (χ4n) is 9.31. The molecule has 0 bridgehead atoms. The Bertz CT molecular complexity index is 1160. The van der Waals surface area contributed by atoms with E-state index in [4.69, 9.17) is 9.47 Å². The van der Waals surface area contributed by atoms with Crippen molar-refractivity contribution < 1.29 is 39.8 Å². The Morgan fingerprint density at radius 1 is 0.485 bits per heavy atom. The number of hydrogen-bond acceptors (Lipinski definition) is 8. The SMILES string of the molecule is CCCCCCCCCCCCCCCCCCC/C=C/CC/C=C/CC/C=C/C(O)C(COC1OC(CO)C(O)C(O)C1O)NC(=O)CCCCCCCCCCCCCCCCCCCC. The summed E-state index contributed by atoms with van der Waals surface area (Å²) in [5, 5.41) is 54.5. The normalized spacial score (nSPS) is 19.8. The van der Waals surface area contributed by atoms with Crippen molar-refractivity contribution in [3.8, 4) is 0 Å². The molecule has 0 radical (unpaired) electrons. The molecule has 68 heavy (non-hydrogen) atoms. The molecule has 1 rings (SSSR count). The first-order valence-corrected chi connectivity index (χ1v) is 29.2. The molecule has 9 heteroatoms. The van der Waals surface area contributed by atoms with Gasteiger partial charge in [0.2, 0.25) is 5.91 Å². The van der Waals surface area contributed by atoms with Crippen LogP contribution < -0.4 is 5.32 Å². The van der Waals surface area contributed by atoms with Crippen LogP contribution in [0.3, 0.4) is 0 Å². The van der Waals surface area contributed by atoms with Crippen LogP contribution in [-0.4, -0.2) is 87.5 Å². The van der Waals surface area contributed by atoms with Gasteiger partial charge in [-0.25, -0.2) is 0 Å². The van der Waals surface area contributed by atoms with Crippen molar-refractivity contribution in [1.29, 1.82) is 0 Å². The minimum Gasteiger partial charge on any atom is -0.394 e. The van der Waals surface area contributed by atoms with Crippen LogP contribution in [0.25, 0.3) is 0 Å². The van der Waals surface area contributed by atoms with E-state index in [-0.39, 0.29) is 12.5 Å². The van der Waals surface area contributed by atoms with E-state index in [0.29, 0.717) is 6.42 Å². The van der Waals surface area contributed by atoms with E-state index in [0.717, 1.165) is 44.9 Å². The second kappa shape index (κ2) is 49.0. The van der Waals surface area contributed by atoms with Crippen LogP contribution in [0.5, 0.6) is 0 Å². The predicted molar refractivity (Wildman–Crippen MR) is 286 cm³/mol. The van der Waals surface area contributed by atoms with E-state index in [1.165, 1.54) is 212 Å². The van der Waals surface area contributed by atoms with Crippen LogP contribution in [-0.2, 0) is 14.3 Å². The molecule has 0 aromatic rings. The highest BCUT2D eigenvalue weighted by molar-refractivity contribution is 5.76. The molecule has 7 unspecified atom stereocenters. The molecule has 1 amide bonds. The third-order valence-corrected chi connectivity index (χ3v) is 13.9. The van der Waals surface area contributed by atoms with Crippen molar-refractivity contribution in [2.75, 3.05) is 13.2 Å². The lowest BCUT2D eigenvalue weighted by Gasteiger charge is -2.40. The third kappa shape index (κ3) is 38.1. The number of allylic oxidation sites excluding steroid dienone is 5. The Kier molecular flexibility index (Phi) is 46.4. The maximum atomic E-state index is 13.0. The summed E-state index contributed by atoms with van der Waals surface area (Å²) in [6, 6.07) is -0.826. The van der Waals surface area contributed by atoms with Crippen LogP contribution in [0.15, 0.2) is 36.5 Å². The summed E-state index contributed by atoms with van der Waals surface area (Å²) in [7, 11) is 0. The number of amides is 1. The largest absolute Gasteiger partial charge is 0.394 e. The minimum atomic E-state index is -1.57. The predicted octanol–water partition coefficient (Wildman–Crippen LogP) is 14.4. The van der Waals surface area contributed by atoms with Gasteiger partial charge in [-0.15, -0.1) is 0 Å². The minimum absolute atomic E-state index is 0.187. The topological polar surface area (TPSA) is 149 Å². The molecule has 1 fully saturated rings. The van der Waals surface area contributed by atoms with Crippen LogP contribution in [0.4, 0.5) is 0 Å². The van der Waals surface area contributed by atoms with Crippen LogP contribution in [0.2, 0.25) is 0 Å². The molecule has 1 aliphatic rings. The van der Waals surface area contributed by atoms with Gasteiger partial charge >= 0.3 is 0 Å². The summed E-state index contributed by atoms with van der Waals surface area (Å²) in [6.45, 7) is 3.79. The van der Waals surface area contributed by atoms with Gasteiger partial charge < -0.3 is 40.3 Å². The van der Waals surface area contributed by atoms with Gasteiger partial charge in [-0.1, -0.05) is 262 Å². The Morgan fingerprint density at radius 3 is 1.24 bits per heavy atom. The first-order chi connectivity index (χ1) is 33.3. The van der Waals surface area contributed by atoms with E-state index in [1.54, 1.807) is 6.08 Å². The summed E-state index contributed by atoms with van der Waals surface area (Å²) in [6.07, 6.45) is 56.5. The van der Waals surface area contributed by atoms with Crippen molar-refractivity contribution in [3.05, 3.63) is 36.5 Å². The molecule has 400 valence electrons. The number of aliphatic hydroxyl groups is 5. The molecule has 0 aromatic heterocycles. The van der Waals surface area contributed by atoms with Gasteiger partial charge in [0.25, 0.3) is 0 Å². The Labute approximate surface area is 419 Å². The van der Waals surface area contributed by atoms with E-state index in [9.17, 15) is 30.3 Å². The lowest BCUT2D eigenvalue weighted by Crippen LogP contribution is -2.60. The summed E-state index contributed by atoms with van der Waals surface area (Å²) in [5.41, 5.74) is 0. The zero-order chi connectivity index (χ0) is 49.4. The van der Waals surface area contributed by atoms with E-state index in [2.05, 4.69) is 43.5 Å². The van der Waals surface area contributed by atoms with Crippen molar-refractivity contribution >= 4 is 5.91 Å². The van der Waals surface area contributed by atoms with Crippen LogP contribution >= 0.6 is 0 Å². The molecular weight excluding hydrogens is 851 g/mol. The van der Waals surface area contributed by atoms with Gasteiger partial charge in [-0.05, 0) is 44.9 Å². The van der Waals surface area contributed by atoms with Gasteiger partial charge in [0.15, 0.2) is 6.29 Å². The molecule has 1 aliphatic heterocycles. The molecule has 0 aromatic carbocycles. The average Bonchev–Trinajstić information content (AvgIpc) is 3.34. The Hall–Kier alpha value is -1.59. The number of rotatable bonds is 50. The van der Waals surface area contributed by atoms with Gasteiger partial charge in [0.05, 0.1) is 25.4 Å². The summed E-state index contributed by atoms with van der Waals surface area (Å²) >= 11 is 0. The first kappa shape index (κ1) is 64.4. The average molecular weight is 963 g/mol. The number of hydrogen-bond donors (Lipinski definition) is 6. The molecule has 7 atom stereocenters. The molecular formula is C59H111NO8. The fraction of sp³-hybridized carbons (Fsp3) is 0.881. The molecule has 1 saturated heterocycles. The quantitative estimate of drug-likeness (QED) is 0.0261. The van der Waals surface area contributed by atoms with Gasteiger partial charge in [0.1, 0.15) is 24.4 Å². The molecule has 1 heterocycles. The summed E-state index contributed by atoms with van der Waals surface area (Å²) < 4.78 is 11.3. The van der Waals surface area contributed by atoms with Gasteiger partial charge in [-0.2, -0.15) is 0 Å². The smallest absolute Gasteiger partial charge is 0.220 e. The fourth-order valence-corrected chi connectivity index (χ4v) is 9.31. The van der Waals surface area contributed by atoms with Crippen molar-refractivity contribution in [2.24, 2.45) is 0 Å². The second-order valence-electron chi connectivity index (χ2n) is 20.4. The molecule has 0 aliphatic carbocycles. The monoisotopic (exact) mass is 962 g/mol. The lowest BCUT2D eigenvalue weighted by atomic mass is 9.99. The van der Waals surface area contributed by atoms with Gasteiger partial charge in [-0.3, -0.25) is 4.79 Å². The van der Waals surface area contributed by atoms with Crippen molar-refractivity contribution in [3.63, 3.8) is 0 Å². The standard InChI is InChI=1S/C59H111NO8/c1-3-5-7-9-11-13-15-17-19-21-23-24-25-26-27-28-29-30-31-32-34-36-38-40-42-44-46-48-53(62)52(51-67-59-58(66)57(65)56(64)54(50-61)68-59)60-55(63)49-47-45-43-41-39-37-35-33-22-20-18-16-14-12-10-8-6-4-2/h31-32,38,40,46,48,52-54,56-59,61-62,64-66H,3-30,33-37,39,41-45,47,49-51H2,1-2H3,(H,60,63)/b32-31+,40-38+,48-46+. The van der Waals surface area contributed by atoms with Crippen molar-refractivity contribution in [1.82, 2.24) is 5.32 Å². The lowest BCUT2D eigenvalue weighted by molar-refractivity contribution is -0.302. The Balaban J connectivity index is 2.25. The molecule has 6 N–H and O–H groups in total. The first-order valence-electron chi connectivity index (χ1n) is 29.2. The summed E-state index contributed by atoms with van der Waals surface area (Å²) in [5.74, 6) is -0.187. The number of aliphatic hydroxyl groups excluding tert-OH is 5. The van der Waals surface area contributed by atoms with E-state index >= 15 is 0 Å². The van der Waals surface area contributed by atoms with Gasteiger partial charge in [0, 0.05) is 6.42 Å². The highest BCUT2D eigenvalue weighted by Gasteiger charge is 2.44. The highest BCUT2D eigenvalue weighted by atomic mass is 16.7. The van der Waals surface area contributed by atoms with Crippen molar-refractivity contribution in [2.45, 2.75) is 320 Å². The maximum absolute atomic E-state index is 13.0.